The van der Waals surface area contributed by atoms with Gasteiger partial charge in [0.15, 0.2) is 0 Å². The summed E-state index contributed by atoms with van der Waals surface area (Å²) in [6.07, 6.45) is 1.59. The molecule has 0 saturated heterocycles. The number of likely N-dealkylation sites (N-methyl/N-ethyl adjacent to an activating group) is 1. The molecule has 2 N–H and O–H groups in total. The maximum Gasteiger partial charge on any atom is 0.228 e. The number of ether oxygens (including phenoxy) is 1. The second-order valence-electron chi connectivity index (χ2n) is 4.55. The van der Waals surface area contributed by atoms with Crippen LogP contribution in [0.25, 0.3) is 0 Å². The third kappa shape index (κ3) is 3.35. The monoisotopic (exact) mass is 287 g/mol. The first kappa shape index (κ1) is 13.3. The van der Waals surface area contributed by atoms with Crippen LogP contribution >= 0.6 is 15.9 Å². The molecule has 0 aliphatic rings. The molecule has 1 heterocycles. The zero-order valence-corrected chi connectivity index (χ0v) is 11.7. The normalized spacial score (nSPS) is 11.9. The summed E-state index contributed by atoms with van der Waals surface area (Å²) in [6.45, 7) is 4.78. The van der Waals surface area contributed by atoms with Crippen molar-refractivity contribution in [1.82, 2.24) is 9.88 Å². The SMILES string of the molecule is CN(C)C(C)(C)COc1ncc(N)cc1Br. The topological polar surface area (TPSA) is 51.4 Å². The zero-order valence-electron chi connectivity index (χ0n) is 10.1. The Bertz CT molecular complexity index is 366. The average Bonchev–Trinajstić information content (AvgIpc) is 2.16. The Hall–Kier alpha value is -0.810. The Morgan fingerprint density at radius 3 is 2.62 bits per heavy atom. The Morgan fingerprint density at radius 1 is 1.50 bits per heavy atom. The van der Waals surface area contributed by atoms with E-state index in [0.29, 0.717) is 18.2 Å². The van der Waals surface area contributed by atoms with Crippen molar-refractivity contribution in [3.63, 3.8) is 0 Å². The molecule has 1 aromatic rings. The van der Waals surface area contributed by atoms with Gasteiger partial charge in [-0.05, 0) is 49.9 Å². The van der Waals surface area contributed by atoms with E-state index >= 15 is 0 Å². The van der Waals surface area contributed by atoms with Crippen LogP contribution in [0.5, 0.6) is 5.88 Å². The molecule has 0 aromatic carbocycles. The van der Waals surface area contributed by atoms with Crippen LogP contribution in [0.15, 0.2) is 16.7 Å². The largest absolute Gasteiger partial charge is 0.475 e. The van der Waals surface area contributed by atoms with E-state index in [0.717, 1.165) is 4.47 Å². The van der Waals surface area contributed by atoms with E-state index in [2.05, 4.69) is 39.7 Å². The Balaban J connectivity index is 2.68. The summed E-state index contributed by atoms with van der Waals surface area (Å²) in [5.41, 5.74) is 6.18. The molecular formula is C11H18BrN3O. The predicted molar refractivity (Wildman–Crippen MR) is 69.6 cm³/mol. The predicted octanol–water partition coefficient (Wildman–Crippen LogP) is 2.15. The van der Waals surface area contributed by atoms with Gasteiger partial charge in [0, 0.05) is 5.54 Å². The summed E-state index contributed by atoms with van der Waals surface area (Å²) in [5, 5.41) is 0. The van der Waals surface area contributed by atoms with Gasteiger partial charge in [-0.1, -0.05) is 0 Å². The number of aromatic nitrogens is 1. The molecule has 16 heavy (non-hydrogen) atoms. The number of nitrogen functional groups attached to an aromatic ring is 1. The highest BCUT2D eigenvalue weighted by molar-refractivity contribution is 9.10. The Kier molecular flexibility index (Phi) is 4.15. The van der Waals surface area contributed by atoms with Gasteiger partial charge in [-0.2, -0.15) is 0 Å². The molecule has 0 fully saturated rings. The second kappa shape index (κ2) is 5.01. The summed E-state index contributed by atoms with van der Waals surface area (Å²) < 4.78 is 6.44. The molecule has 1 aromatic heterocycles. The van der Waals surface area contributed by atoms with E-state index in [-0.39, 0.29) is 5.54 Å². The maximum absolute atomic E-state index is 5.66. The van der Waals surface area contributed by atoms with Crippen LogP contribution in [-0.4, -0.2) is 36.1 Å². The third-order valence-corrected chi connectivity index (χ3v) is 3.17. The number of anilines is 1. The molecule has 5 heteroatoms. The first-order chi connectivity index (χ1) is 7.33. The fourth-order valence-electron chi connectivity index (χ4n) is 0.920. The number of nitrogens with two attached hydrogens (primary N) is 1. The quantitative estimate of drug-likeness (QED) is 0.922. The van der Waals surface area contributed by atoms with Crippen molar-refractivity contribution in [3.05, 3.63) is 16.7 Å². The molecule has 0 bridgehead atoms. The molecule has 0 unspecified atom stereocenters. The number of hydrogen-bond acceptors (Lipinski definition) is 4. The van der Waals surface area contributed by atoms with Gasteiger partial charge in [0.05, 0.1) is 16.4 Å². The summed E-state index contributed by atoms with van der Waals surface area (Å²) in [7, 11) is 4.05. The van der Waals surface area contributed by atoms with Crippen LogP contribution in [0.3, 0.4) is 0 Å². The highest BCUT2D eigenvalue weighted by Gasteiger charge is 2.22. The number of nitrogens with zero attached hydrogens (tertiary/aromatic N) is 2. The molecule has 0 aliphatic carbocycles. The van der Waals surface area contributed by atoms with Crippen molar-refractivity contribution in [1.29, 1.82) is 0 Å². The minimum absolute atomic E-state index is 0.0392. The van der Waals surface area contributed by atoms with Gasteiger partial charge in [0.25, 0.3) is 0 Å². The average molecular weight is 288 g/mol. The lowest BCUT2D eigenvalue weighted by Gasteiger charge is -2.32. The first-order valence-electron chi connectivity index (χ1n) is 5.04. The number of pyridine rings is 1. The highest BCUT2D eigenvalue weighted by atomic mass is 79.9. The van der Waals surface area contributed by atoms with E-state index in [9.17, 15) is 0 Å². The molecule has 90 valence electrons. The number of halogens is 1. The van der Waals surface area contributed by atoms with Crippen LogP contribution in [0.1, 0.15) is 13.8 Å². The summed E-state index contributed by atoms with van der Waals surface area (Å²) in [5.74, 6) is 0.573. The van der Waals surface area contributed by atoms with Crippen molar-refractivity contribution in [2.24, 2.45) is 0 Å². The smallest absolute Gasteiger partial charge is 0.228 e. The summed E-state index contributed by atoms with van der Waals surface area (Å²) >= 11 is 3.37. The molecule has 0 radical (unpaired) electrons. The second-order valence-corrected chi connectivity index (χ2v) is 5.41. The zero-order chi connectivity index (χ0) is 12.3. The molecular weight excluding hydrogens is 270 g/mol. The molecule has 0 atom stereocenters. The lowest BCUT2D eigenvalue weighted by molar-refractivity contribution is 0.110. The van der Waals surface area contributed by atoms with Crippen LogP contribution < -0.4 is 10.5 Å². The minimum Gasteiger partial charge on any atom is -0.475 e. The molecule has 0 amide bonds. The molecule has 1 rings (SSSR count). The molecule has 0 aliphatic heterocycles. The van der Waals surface area contributed by atoms with Crippen LogP contribution in [0, 0.1) is 0 Å². The van der Waals surface area contributed by atoms with Crippen LogP contribution in [0.4, 0.5) is 5.69 Å². The van der Waals surface area contributed by atoms with Gasteiger partial charge in [-0.3, -0.25) is 0 Å². The standard InChI is InChI=1S/C11H18BrN3O/c1-11(2,15(3)4)7-16-10-9(12)5-8(13)6-14-10/h5-6H,7,13H2,1-4H3. The van der Waals surface area contributed by atoms with Crippen molar-refractivity contribution < 1.29 is 4.74 Å². The van der Waals surface area contributed by atoms with Crippen molar-refractivity contribution >= 4 is 21.6 Å². The Morgan fingerprint density at radius 2 is 2.12 bits per heavy atom. The van der Waals surface area contributed by atoms with Gasteiger partial charge >= 0.3 is 0 Å². The maximum atomic E-state index is 5.66. The number of rotatable bonds is 4. The van der Waals surface area contributed by atoms with Crippen LogP contribution in [0.2, 0.25) is 0 Å². The van der Waals surface area contributed by atoms with Gasteiger partial charge in [-0.15, -0.1) is 0 Å². The summed E-state index contributed by atoms with van der Waals surface area (Å²) in [4.78, 5) is 6.24. The lowest BCUT2D eigenvalue weighted by atomic mass is 10.1. The van der Waals surface area contributed by atoms with E-state index in [1.54, 1.807) is 12.3 Å². The highest BCUT2D eigenvalue weighted by Crippen LogP contribution is 2.25. The van der Waals surface area contributed by atoms with E-state index in [4.69, 9.17) is 10.5 Å². The fraction of sp³-hybridized carbons (Fsp3) is 0.545. The Labute approximate surface area is 105 Å². The fourth-order valence-corrected chi connectivity index (χ4v) is 1.40. The third-order valence-electron chi connectivity index (χ3n) is 2.60. The van der Waals surface area contributed by atoms with E-state index < -0.39 is 0 Å². The molecule has 4 nitrogen and oxygen atoms in total. The van der Waals surface area contributed by atoms with E-state index in [1.807, 2.05) is 14.1 Å². The molecule has 0 saturated carbocycles. The van der Waals surface area contributed by atoms with Gasteiger partial charge in [0.1, 0.15) is 6.61 Å². The van der Waals surface area contributed by atoms with Gasteiger partial charge in [0.2, 0.25) is 5.88 Å². The minimum atomic E-state index is -0.0392. The van der Waals surface area contributed by atoms with Crippen LogP contribution in [-0.2, 0) is 0 Å². The lowest BCUT2D eigenvalue weighted by Crippen LogP contribution is -2.43. The molecule has 0 spiro atoms. The number of hydrogen-bond donors (Lipinski definition) is 1. The van der Waals surface area contributed by atoms with Crippen molar-refractivity contribution in [2.75, 3.05) is 26.4 Å². The van der Waals surface area contributed by atoms with E-state index in [1.165, 1.54) is 0 Å². The van der Waals surface area contributed by atoms with Gasteiger partial charge < -0.3 is 15.4 Å². The van der Waals surface area contributed by atoms with Crippen molar-refractivity contribution in [2.45, 2.75) is 19.4 Å². The summed E-state index contributed by atoms with van der Waals surface area (Å²) in [6, 6.07) is 1.78. The van der Waals surface area contributed by atoms with Crippen molar-refractivity contribution in [3.8, 4) is 5.88 Å². The van der Waals surface area contributed by atoms with Gasteiger partial charge in [-0.25, -0.2) is 4.98 Å². The first-order valence-corrected chi connectivity index (χ1v) is 5.83.